The van der Waals surface area contributed by atoms with Crippen molar-refractivity contribution in [3.8, 4) is 0 Å². The fourth-order valence-corrected chi connectivity index (χ4v) is 1.56. The van der Waals surface area contributed by atoms with Crippen LogP contribution in [0.4, 0.5) is 0 Å². The van der Waals surface area contributed by atoms with Gasteiger partial charge in [-0.2, -0.15) is 0 Å². The molecule has 1 aliphatic rings. The van der Waals surface area contributed by atoms with Crippen molar-refractivity contribution in [3.05, 3.63) is 73.9 Å². The van der Waals surface area contributed by atoms with Crippen molar-refractivity contribution in [2.24, 2.45) is 22.2 Å². The second-order valence-corrected chi connectivity index (χ2v) is 9.29. The van der Waals surface area contributed by atoms with Gasteiger partial charge in [-0.15, -0.1) is 10.8 Å². The standard InChI is InChI=1S/C9H14.2C8H12.2Y/c1-9(2,3)8-6-4-5-7-8;1-6-7(2)8(3,4)5;1-5-6-7-8(2,3)4;;/h4-8H,1-3H3;1-2,6H,3-5H3;1,5-6H,2-4H3;;/q;2*-2;;. The van der Waals surface area contributed by atoms with E-state index in [9.17, 15) is 0 Å². The summed E-state index contributed by atoms with van der Waals surface area (Å²) >= 11 is 0. The van der Waals surface area contributed by atoms with Crippen molar-refractivity contribution in [1.29, 1.82) is 0 Å². The maximum atomic E-state index is 5.49. The van der Waals surface area contributed by atoms with Crippen molar-refractivity contribution in [2.75, 3.05) is 0 Å². The minimum atomic E-state index is 0. The van der Waals surface area contributed by atoms with Crippen LogP contribution in [0.15, 0.2) is 48.1 Å². The molecule has 0 spiro atoms. The van der Waals surface area contributed by atoms with Gasteiger partial charge in [-0.1, -0.05) is 86.6 Å². The van der Waals surface area contributed by atoms with Gasteiger partial charge in [0, 0.05) is 71.3 Å². The van der Waals surface area contributed by atoms with Crippen LogP contribution in [-0.4, -0.2) is 0 Å². The van der Waals surface area contributed by atoms with E-state index in [1.807, 2.05) is 20.8 Å². The molecule has 1 aliphatic carbocycles. The van der Waals surface area contributed by atoms with E-state index in [-0.39, 0.29) is 76.2 Å². The summed E-state index contributed by atoms with van der Waals surface area (Å²) in [6.45, 7) is 34.8. The van der Waals surface area contributed by atoms with Crippen LogP contribution in [0.25, 0.3) is 0 Å². The third-order valence-corrected chi connectivity index (χ3v) is 3.41. The molecule has 0 aromatic rings. The fraction of sp³-hybridized carbons (Fsp3) is 0.520. The zero-order valence-electron chi connectivity index (χ0n) is 19.0. The Hall–Kier alpha value is 0.648. The third kappa shape index (κ3) is 22.8. The second kappa shape index (κ2) is 16.4. The molecule has 0 aromatic carbocycles. The van der Waals surface area contributed by atoms with E-state index in [1.165, 1.54) is 12.2 Å². The Kier molecular flexibility index (Phi) is 21.4. The predicted octanol–water partition coefficient (Wildman–Crippen LogP) is 7.53. The van der Waals surface area contributed by atoms with Crippen molar-refractivity contribution in [2.45, 2.75) is 62.3 Å². The maximum Gasteiger partial charge on any atom is 0.000136 e. The van der Waals surface area contributed by atoms with Gasteiger partial charge in [-0.3, -0.25) is 0 Å². The van der Waals surface area contributed by atoms with E-state index in [4.69, 9.17) is 19.7 Å². The van der Waals surface area contributed by atoms with E-state index < -0.39 is 0 Å². The molecule has 0 nitrogen and oxygen atoms in total. The third-order valence-electron chi connectivity index (χ3n) is 3.41. The summed E-state index contributed by atoms with van der Waals surface area (Å²) in [5, 5.41) is 0. The Morgan fingerprint density at radius 3 is 1.37 bits per heavy atom. The first-order chi connectivity index (χ1) is 11.1. The van der Waals surface area contributed by atoms with Crippen LogP contribution < -0.4 is 0 Å². The molecule has 0 fully saturated rings. The van der Waals surface area contributed by atoms with Gasteiger partial charge in [0.1, 0.15) is 0 Å². The average Bonchev–Trinajstić information content (AvgIpc) is 2.98. The van der Waals surface area contributed by atoms with Crippen LogP contribution in [0, 0.1) is 48.0 Å². The largest absolute Gasteiger partial charge is 0.394 e. The predicted molar refractivity (Wildman–Crippen MR) is 114 cm³/mol. The van der Waals surface area contributed by atoms with Gasteiger partial charge in [0.25, 0.3) is 0 Å². The molecule has 27 heavy (non-hydrogen) atoms. The van der Waals surface area contributed by atoms with Gasteiger partial charge in [-0.25, -0.2) is 0 Å². The minimum absolute atomic E-state index is 0. The molecule has 0 saturated heterocycles. The molecule has 0 atom stereocenters. The molecule has 148 valence electrons. The number of hydrogen-bond acceptors (Lipinski definition) is 0. The van der Waals surface area contributed by atoms with Gasteiger partial charge in [0.15, 0.2) is 0 Å². The molecule has 0 saturated carbocycles. The molecule has 2 radical (unpaired) electrons. The molecular weight excluding hydrogens is 478 g/mol. The van der Waals surface area contributed by atoms with Crippen molar-refractivity contribution >= 4 is 0 Å². The van der Waals surface area contributed by atoms with E-state index >= 15 is 0 Å². The van der Waals surface area contributed by atoms with E-state index in [0.717, 1.165) is 5.57 Å². The SMILES string of the molecule is CC(C)(C)C1C=CC=C1.[CH-]=CC(=[CH-])C(C)(C)C.[CH-]=CC=[C-]C(C)(C)C.[Y].[Y]. The molecule has 0 unspecified atom stereocenters. The van der Waals surface area contributed by atoms with Crippen LogP contribution in [0.5, 0.6) is 0 Å². The molecule has 0 aliphatic heterocycles. The van der Waals surface area contributed by atoms with E-state index in [0.29, 0.717) is 11.3 Å². The topological polar surface area (TPSA) is 0 Å². The zero-order valence-corrected chi connectivity index (χ0v) is 24.7. The molecule has 1 rings (SSSR count). The van der Waals surface area contributed by atoms with Gasteiger partial charge >= 0.3 is 0 Å². The smallest absolute Gasteiger partial charge is 0.000136 e. The first-order valence-electron chi connectivity index (χ1n) is 8.82. The molecule has 0 amide bonds. The summed E-state index contributed by atoms with van der Waals surface area (Å²) in [4.78, 5) is 0. The number of hydrogen-bond donors (Lipinski definition) is 0. The van der Waals surface area contributed by atoms with Crippen LogP contribution in [-0.2, 0) is 65.4 Å². The van der Waals surface area contributed by atoms with Gasteiger partial charge in [0.2, 0.25) is 0 Å². The molecule has 0 aromatic heterocycles. The minimum Gasteiger partial charge on any atom is -0.394 e. The molecule has 0 bridgehead atoms. The molecular formula is C25H38Y2-4. The second-order valence-electron chi connectivity index (χ2n) is 9.29. The summed E-state index contributed by atoms with van der Waals surface area (Å²) < 4.78 is 0. The summed E-state index contributed by atoms with van der Waals surface area (Å²) in [7, 11) is 0. The van der Waals surface area contributed by atoms with Crippen molar-refractivity contribution < 1.29 is 65.4 Å². The van der Waals surface area contributed by atoms with E-state index in [2.05, 4.69) is 71.9 Å². The Balaban J connectivity index is -0.000000142. The van der Waals surface area contributed by atoms with Crippen molar-refractivity contribution in [1.82, 2.24) is 0 Å². The van der Waals surface area contributed by atoms with E-state index in [1.54, 1.807) is 6.08 Å². The zero-order chi connectivity index (χ0) is 20.3. The number of allylic oxidation sites excluding steroid dienone is 9. The Morgan fingerprint density at radius 1 is 0.852 bits per heavy atom. The Labute approximate surface area is 221 Å². The van der Waals surface area contributed by atoms with Crippen LogP contribution >= 0.6 is 0 Å². The van der Waals surface area contributed by atoms with Crippen LogP contribution in [0.2, 0.25) is 0 Å². The molecule has 2 heteroatoms. The van der Waals surface area contributed by atoms with Gasteiger partial charge < -0.3 is 49.6 Å². The monoisotopic (exact) mass is 516 g/mol. The van der Waals surface area contributed by atoms with Gasteiger partial charge in [0.05, 0.1) is 0 Å². The maximum absolute atomic E-state index is 5.49. The Bertz CT molecular complexity index is 486. The van der Waals surface area contributed by atoms with Crippen LogP contribution in [0.1, 0.15) is 62.3 Å². The molecule has 0 N–H and O–H groups in total. The Morgan fingerprint density at radius 2 is 1.26 bits per heavy atom. The average molecular weight is 516 g/mol. The van der Waals surface area contributed by atoms with Crippen molar-refractivity contribution in [3.63, 3.8) is 0 Å². The van der Waals surface area contributed by atoms with Crippen LogP contribution in [0.3, 0.4) is 0 Å². The quantitative estimate of drug-likeness (QED) is 0.263. The first-order valence-corrected chi connectivity index (χ1v) is 8.82. The fourth-order valence-electron chi connectivity index (χ4n) is 1.56. The number of rotatable bonds is 2. The summed E-state index contributed by atoms with van der Waals surface area (Å²) in [5.74, 6) is 0.650. The summed E-state index contributed by atoms with van der Waals surface area (Å²) in [6.07, 6.45) is 16.5. The summed E-state index contributed by atoms with van der Waals surface area (Å²) in [5.41, 5.74) is 1.30. The first kappa shape index (κ1) is 35.1. The molecule has 0 heterocycles. The van der Waals surface area contributed by atoms with Gasteiger partial charge in [-0.05, 0) is 5.41 Å². The normalized spacial score (nSPS) is 13.4. The summed E-state index contributed by atoms with van der Waals surface area (Å²) in [6, 6.07) is 0.